The average molecular weight is 364 g/mol. The highest BCUT2D eigenvalue weighted by Gasteiger charge is 2.09. The summed E-state index contributed by atoms with van der Waals surface area (Å²) in [5.74, 6) is -0.259. The van der Waals surface area contributed by atoms with Gasteiger partial charge in [0.2, 0.25) is 0 Å². The first kappa shape index (κ1) is 14.0. The van der Waals surface area contributed by atoms with Crippen LogP contribution < -0.4 is 5.32 Å². The average Bonchev–Trinajstić information content (AvgIpc) is 2.95. The number of nitrogens with zero attached hydrogens (tertiary/aromatic N) is 2. The summed E-state index contributed by atoms with van der Waals surface area (Å²) in [6, 6.07) is 7.85. The Labute approximate surface area is 132 Å². The van der Waals surface area contributed by atoms with Crippen LogP contribution in [0.1, 0.15) is 15.5 Å². The molecule has 2 heterocycles. The van der Waals surface area contributed by atoms with Crippen molar-refractivity contribution in [3.8, 4) is 0 Å². The van der Waals surface area contributed by atoms with Crippen molar-refractivity contribution in [3.05, 3.63) is 51.0 Å². The topological polar surface area (TPSA) is 75.1 Å². The van der Waals surface area contributed by atoms with E-state index >= 15 is 0 Å². The van der Waals surface area contributed by atoms with Crippen molar-refractivity contribution in [2.24, 2.45) is 0 Å². The standard InChI is InChI=1S/C14H10BrN3O2S/c15-10-3-1-2-9-8(10)4-5-16-13(9)17-6-12-18-11(7-21-12)14(19)20/h1-5,7H,6H2,(H,16,17)(H,19,20). The third-order valence-corrected chi connectivity index (χ3v) is 4.47. The summed E-state index contributed by atoms with van der Waals surface area (Å²) < 4.78 is 1.01. The van der Waals surface area contributed by atoms with Gasteiger partial charge in [0.25, 0.3) is 0 Å². The van der Waals surface area contributed by atoms with Crippen LogP contribution in [0.4, 0.5) is 5.82 Å². The number of aromatic carboxylic acids is 1. The van der Waals surface area contributed by atoms with Gasteiger partial charge in [0.1, 0.15) is 10.8 Å². The molecule has 21 heavy (non-hydrogen) atoms. The van der Waals surface area contributed by atoms with Gasteiger partial charge in [-0.05, 0) is 12.1 Å². The van der Waals surface area contributed by atoms with Gasteiger partial charge in [0, 0.05) is 26.8 Å². The molecule has 2 aromatic heterocycles. The molecule has 0 saturated carbocycles. The molecular weight excluding hydrogens is 354 g/mol. The van der Waals surface area contributed by atoms with Crippen LogP contribution in [0.15, 0.2) is 40.3 Å². The minimum atomic E-state index is -1.01. The van der Waals surface area contributed by atoms with Gasteiger partial charge in [0.05, 0.1) is 6.54 Å². The van der Waals surface area contributed by atoms with Gasteiger partial charge in [-0.1, -0.05) is 28.1 Å². The third-order valence-electron chi connectivity index (χ3n) is 2.93. The maximum atomic E-state index is 10.8. The van der Waals surface area contributed by atoms with Crippen molar-refractivity contribution in [1.82, 2.24) is 9.97 Å². The van der Waals surface area contributed by atoms with Gasteiger partial charge in [0.15, 0.2) is 5.69 Å². The maximum Gasteiger partial charge on any atom is 0.355 e. The van der Waals surface area contributed by atoms with E-state index in [9.17, 15) is 4.79 Å². The Balaban J connectivity index is 1.85. The zero-order valence-corrected chi connectivity index (χ0v) is 13.1. The normalized spacial score (nSPS) is 10.7. The molecule has 0 bridgehead atoms. The van der Waals surface area contributed by atoms with Crippen molar-refractivity contribution >= 4 is 49.8 Å². The van der Waals surface area contributed by atoms with Crippen molar-refractivity contribution < 1.29 is 9.90 Å². The number of hydrogen-bond donors (Lipinski definition) is 2. The van der Waals surface area contributed by atoms with Crippen LogP contribution in [0.5, 0.6) is 0 Å². The molecule has 2 N–H and O–H groups in total. The van der Waals surface area contributed by atoms with Gasteiger partial charge in [-0.2, -0.15) is 0 Å². The highest BCUT2D eigenvalue weighted by Crippen LogP contribution is 2.27. The van der Waals surface area contributed by atoms with E-state index in [4.69, 9.17) is 5.11 Å². The predicted octanol–water partition coefficient (Wildman–Crippen LogP) is 3.76. The number of anilines is 1. The van der Waals surface area contributed by atoms with Crippen molar-refractivity contribution in [3.63, 3.8) is 0 Å². The number of fused-ring (bicyclic) bond motifs is 1. The first-order valence-corrected chi connectivity index (χ1v) is 7.77. The minimum Gasteiger partial charge on any atom is -0.476 e. The zero-order chi connectivity index (χ0) is 14.8. The van der Waals surface area contributed by atoms with Gasteiger partial charge < -0.3 is 10.4 Å². The smallest absolute Gasteiger partial charge is 0.355 e. The lowest BCUT2D eigenvalue weighted by molar-refractivity contribution is 0.0691. The second-order valence-electron chi connectivity index (χ2n) is 4.28. The Bertz CT molecular complexity index is 819. The van der Waals surface area contributed by atoms with Crippen molar-refractivity contribution in [2.45, 2.75) is 6.54 Å². The van der Waals surface area contributed by atoms with E-state index in [1.165, 1.54) is 16.7 Å². The van der Waals surface area contributed by atoms with Crippen LogP contribution in [0, 0.1) is 0 Å². The van der Waals surface area contributed by atoms with E-state index in [0.29, 0.717) is 11.6 Å². The fourth-order valence-electron chi connectivity index (χ4n) is 1.96. The van der Waals surface area contributed by atoms with E-state index in [0.717, 1.165) is 21.1 Å². The Hall–Kier alpha value is -1.99. The van der Waals surface area contributed by atoms with Crippen LogP contribution in [-0.2, 0) is 6.54 Å². The molecule has 0 atom stereocenters. The number of thiazole rings is 1. The van der Waals surface area contributed by atoms with Gasteiger partial charge in [-0.15, -0.1) is 11.3 Å². The largest absolute Gasteiger partial charge is 0.476 e. The van der Waals surface area contributed by atoms with E-state index in [1.807, 2.05) is 24.3 Å². The second kappa shape index (κ2) is 5.79. The first-order valence-electron chi connectivity index (χ1n) is 6.10. The molecule has 0 saturated heterocycles. The molecule has 7 heteroatoms. The summed E-state index contributed by atoms with van der Waals surface area (Å²) in [6.07, 6.45) is 1.74. The summed E-state index contributed by atoms with van der Waals surface area (Å²) in [5.41, 5.74) is 0.0745. The van der Waals surface area contributed by atoms with Gasteiger partial charge in [-0.3, -0.25) is 0 Å². The minimum absolute atomic E-state index is 0.0745. The zero-order valence-electron chi connectivity index (χ0n) is 10.7. The van der Waals surface area contributed by atoms with Crippen LogP contribution in [0.3, 0.4) is 0 Å². The molecule has 0 aliphatic rings. The monoisotopic (exact) mass is 363 g/mol. The number of aromatic nitrogens is 2. The van der Waals surface area contributed by atoms with E-state index in [1.54, 1.807) is 6.20 Å². The Kier molecular flexibility index (Phi) is 3.85. The van der Waals surface area contributed by atoms with Gasteiger partial charge >= 0.3 is 5.97 Å². The second-order valence-corrected chi connectivity index (χ2v) is 6.08. The summed E-state index contributed by atoms with van der Waals surface area (Å²) >= 11 is 4.83. The third kappa shape index (κ3) is 2.88. The molecule has 3 aromatic rings. The number of rotatable bonds is 4. The Morgan fingerprint density at radius 1 is 1.33 bits per heavy atom. The molecule has 0 spiro atoms. The molecule has 5 nitrogen and oxygen atoms in total. The predicted molar refractivity (Wildman–Crippen MR) is 85.8 cm³/mol. The summed E-state index contributed by atoms with van der Waals surface area (Å²) in [4.78, 5) is 19.2. The molecule has 0 aliphatic carbocycles. The number of halogens is 1. The molecule has 106 valence electrons. The lowest BCUT2D eigenvalue weighted by Crippen LogP contribution is -2.03. The van der Waals surface area contributed by atoms with Crippen molar-refractivity contribution in [1.29, 1.82) is 0 Å². The summed E-state index contributed by atoms with van der Waals surface area (Å²) in [6.45, 7) is 0.441. The van der Waals surface area contributed by atoms with Crippen LogP contribution in [-0.4, -0.2) is 21.0 Å². The lowest BCUT2D eigenvalue weighted by Gasteiger charge is -2.08. The SMILES string of the molecule is O=C(O)c1csc(CNc2nccc3c(Br)cccc23)n1. The highest BCUT2D eigenvalue weighted by atomic mass is 79.9. The van der Waals surface area contributed by atoms with Crippen LogP contribution in [0.2, 0.25) is 0 Å². The van der Waals surface area contributed by atoms with E-state index in [2.05, 4.69) is 31.2 Å². The molecule has 0 fully saturated rings. The van der Waals surface area contributed by atoms with E-state index < -0.39 is 5.97 Å². The fourth-order valence-corrected chi connectivity index (χ4v) is 3.17. The van der Waals surface area contributed by atoms with Crippen LogP contribution >= 0.6 is 27.3 Å². The molecule has 0 radical (unpaired) electrons. The van der Waals surface area contributed by atoms with Crippen molar-refractivity contribution in [2.75, 3.05) is 5.32 Å². The molecule has 1 aromatic carbocycles. The lowest BCUT2D eigenvalue weighted by atomic mass is 10.1. The fraction of sp³-hybridized carbons (Fsp3) is 0.0714. The number of hydrogen-bond acceptors (Lipinski definition) is 5. The van der Waals surface area contributed by atoms with E-state index in [-0.39, 0.29) is 5.69 Å². The number of pyridine rings is 1. The Morgan fingerprint density at radius 3 is 2.95 bits per heavy atom. The quantitative estimate of drug-likeness (QED) is 0.737. The molecule has 0 aliphatic heterocycles. The maximum absolute atomic E-state index is 10.8. The molecule has 3 rings (SSSR count). The van der Waals surface area contributed by atoms with Gasteiger partial charge in [-0.25, -0.2) is 14.8 Å². The highest BCUT2D eigenvalue weighted by molar-refractivity contribution is 9.10. The summed E-state index contributed by atoms with van der Waals surface area (Å²) in [7, 11) is 0. The first-order chi connectivity index (χ1) is 10.1. The number of benzene rings is 1. The summed E-state index contributed by atoms with van der Waals surface area (Å²) in [5, 5.41) is 16.4. The number of nitrogens with one attached hydrogen (secondary N) is 1. The molecule has 0 unspecified atom stereocenters. The van der Waals surface area contributed by atoms with Crippen LogP contribution in [0.25, 0.3) is 10.8 Å². The Morgan fingerprint density at radius 2 is 2.19 bits per heavy atom. The molecule has 0 amide bonds. The molecular formula is C14H10BrN3O2S. The number of carboxylic acids is 1. The number of carbonyl (C=O) groups is 1. The number of carboxylic acid groups (broad SMARTS) is 1.